The number of carbonyl (C=O) groups is 1. The quantitative estimate of drug-likeness (QED) is 0.899. The fourth-order valence-corrected chi connectivity index (χ4v) is 2.33. The van der Waals surface area contributed by atoms with E-state index in [4.69, 9.17) is 5.73 Å². The Morgan fingerprint density at radius 2 is 2.21 bits per heavy atom. The van der Waals surface area contributed by atoms with Crippen molar-refractivity contribution in [3.05, 3.63) is 22.3 Å². The average molecular weight is 338 g/mol. The smallest absolute Gasteiger partial charge is 0.330 e. The van der Waals surface area contributed by atoms with Gasteiger partial charge < -0.3 is 5.73 Å². The van der Waals surface area contributed by atoms with E-state index in [2.05, 4.69) is 20.9 Å². The van der Waals surface area contributed by atoms with Crippen molar-refractivity contribution >= 4 is 27.7 Å². The standard InChI is InChI=1S/C11H11BrF3N3O/c12-7-2-8(11(13,14)15)10(17-4-7)18-5-6(3-16)1-9(18)19/h2,4,6H,1,3,5,16H2. The molecule has 8 heteroatoms. The molecule has 1 amide bonds. The molecule has 1 aliphatic rings. The third-order valence-corrected chi connectivity index (χ3v) is 3.37. The first-order valence-electron chi connectivity index (χ1n) is 5.56. The maximum absolute atomic E-state index is 13.0. The van der Waals surface area contributed by atoms with E-state index in [1.807, 2.05) is 0 Å². The van der Waals surface area contributed by atoms with Crippen LogP contribution in [0.1, 0.15) is 12.0 Å². The Bertz CT molecular complexity index is 506. The summed E-state index contributed by atoms with van der Waals surface area (Å²) in [6.07, 6.45) is -3.16. The van der Waals surface area contributed by atoms with E-state index in [0.29, 0.717) is 0 Å². The number of carbonyl (C=O) groups excluding carboxylic acids is 1. The van der Waals surface area contributed by atoms with Crippen LogP contribution >= 0.6 is 15.9 Å². The van der Waals surface area contributed by atoms with E-state index < -0.39 is 11.7 Å². The van der Waals surface area contributed by atoms with Gasteiger partial charge in [0.05, 0.1) is 5.56 Å². The van der Waals surface area contributed by atoms with Crippen LogP contribution in [0.2, 0.25) is 0 Å². The topological polar surface area (TPSA) is 59.2 Å². The largest absolute Gasteiger partial charge is 0.420 e. The summed E-state index contributed by atoms with van der Waals surface area (Å²) < 4.78 is 39.1. The molecule has 1 unspecified atom stereocenters. The number of rotatable bonds is 2. The van der Waals surface area contributed by atoms with Crippen LogP contribution in [0.3, 0.4) is 0 Å². The van der Waals surface area contributed by atoms with E-state index in [9.17, 15) is 18.0 Å². The Balaban J connectivity index is 2.43. The van der Waals surface area contributed by atoms with E-state index >= 15 is 0 Å². The normalized spacial score (nSPS) is 20.2. The summed E-state index contributed by atoms with van der Waals surface area (Å²) in [6.45, 7) is 0.438. The summed E-state index contributed by atoms with van der Waals surface area (Å²) in [6, 6.07) is 0.922. The lowest BCUT2D eigenvalue weighted by molar-refractivity contribution is -0.137. The van der Waals surface area contributed by atoms with Gasteiger partial charge in [-0.05, 0) is 34.5 Å². The summed E-state index contributed by atoms with van der Waals surface area (Å²) in [5, 5.41) is 0. The van der Waals surface area contributed by atoms with Gasteiger partial charge in [0.25, 0.3) is 0 Å². The van der Waals surface area contributed by atoms with E-state index in [0.717, 1.165) is 11.0 Å². The van der Waals surface area contributed by atoms with Gasteiger partial charge in [0.15, 0.2) is 0 Å². The lowest BCUT2D eigenvalue weighted by Crippen LogP contribution is -2.29. The predicted octanol–water partition coefficient (Wildman–Crippen LogP) is 2.17. The van der Waals surface area contributed by atoms with Gasteiger partial charge in [0.2, 0.25) is 5.91 Å². The van der Waals surface area contributed by atoms with Gasteiger partial charge in [-0.3, -0.25) is 9.69 Å². The average Bonchev–Trinajstić information content (AvgIpc) is 2.69. The van der Waals surface area contributed by atoms with Crippen molar-refractivity contribution < 1.29 is 18.0 Å². The third-order valence-electron chi connectivity index (χ3n) is 2.93. The number of anilines is 1. The van der Waals surface area contributed by atoms with Crippen LogP contribution in [-0.4, -0.2) is 24.0 Å². The number of halogens is 4. The Kier molecular flexibility index (Phi) is 3.82. The number of hydrogen-bond acceptors (Lipinski definition) is 3. The molecule has 1 atom stereocenters. The fourth-order valence-electron chi connectivity index (χ4n) is 2.00. The highest BCUT2D eigenvalue weighted by molar-refractivity contribution is 9.10. The summed E-state index contributed by atoms with van der Waals surface area (Å²) in [5.74, 6) is -0.855. The molecule has 0 bridgehead atoms. The Labute approximate surface area is 115 Å². The van der Waals surface area contributed by atoms with Crippen molar-refractivity contribution in [1.29, 1.82) is 0 Å². The number of nitrogens with zero attached hydrogens (tertiary/aromatic N) is 2. The maximum Gasteiger partial charge on any atom is 0.420 e. The van der Waals surface area contributed by atoms with Crippen LogP contribution in [0.5, 0.6) is 0 Å². The highest BCUT2D eigenvalue weighted by Crippen LogP contribution is 2.38. The highest BCUT2D eigenvalue weighted by atomic mass is 79.9. The molecule has 0 aliphatic carbocycles. The third kappa shape index (κ3) is 2.89. The number of pyridine rings is 1. The van der Waals surface area contributed by atoms with Gasteiger partial charge in [-0.15, -0.1) is 0 Å². The number of hydrogen-bond donors (Lipinski definition) is 1. The van der Waals surface area contributed by atoms with E-state index in [-0.39, 0.29) is 41.6 Å². The molecular formula is C11H11BrF3N3O. The van der Waals surface area contributed by atoms with Gasteiger partial charge in [-0.25, -0.2) is 4.98 Å². The molecule has 1 aromatic rings. The van der Waals surface area contributed by atoms with Crippen molar-refractivity contribution in [3.8, 4) is 0 Å². The monoisotopic (exact) mass is 337 g/mol. The molecule has 2 N–H and O–H groups in total. The Hall–Kier alpha value is -1.15. The van der Waals surface area contributed by atoms with Gasteiger partial charge in [0, 0.05) is 23.6 Å². The van der Waals surface area contributed by atoms with E-state index in [1.165, 1.54) is 6.20 Å². The number of nitrogens with two attached hydrogens (primary N) is 1. The molecule has 19 heavy (non-hydrogen) atoms. The first-order valence-corrected chi connectivity index (χ1v) is 6.35. The van der Waals surface area contributed by atoms with Crippen molar-refractivity contribution in [2.75, 3.05) is 18.0 Å². The highest BCUT2D eigenvalue weighted by Gasteiger charge is 2.40. The molecule has 0 saturated carbocycles. The fraction of sp³-hybridized carbons (Fsp3) is 0.455. The molecular weight excluding hydrogens is 327 g/mol. The minimum absolute atomic E-state index is 0.126. The predicted molar refractivity (Wildman–Crippen MR) is 66.5 cm³/mol. The molecule has 104 valence electrons. The van der Waals surface area contributed by atoms with Crippen molar-refractivity contribution in [3.63, 3.8) is 0 Å². The summed E-state index contributed by atoms with van der Waals surface area (Å²) in [4.78, 5) is 16.6. The van der Waals surface area contributed by atoms with Crippen LogP contribution in [-0.2, 0) is 11.0 Å². The number of amides is 1. The van der Waals surface area contributed by atoms with Crippen LogP contribution in [0.15, 0.2) is 16.7 Å². The molecule has 0 radical (unpaired) electrons. The summed E-state index contributed by atoms with van der Waals surface area (Å²) in [7, 11) is 0. The van der Waals surface area contributed by atoms with Crippen molar-refractivity contribution in [1.82, 2.24) is 4.98 Å². The molecule has 1 aliphatic heterocycles. The lowest BCUT2D eigenvalue weighted by Gasteiger charge is -2.20. The molecule has 0 aromatic carbocycles. The number of alkyl halides is 3. The van der Waals surface area contributed by atoms with Crippen molar-refractivity contribution in [2.45, 2.75) is 12.6 Å². The molecule has 1 aromatic heterocycles. The zero-order valence-corrected chi connectivity index (χ0v) is 11.3. The maximum atomic E-state index is 13.0. The molecule has 1 fully saturated rings. The van der Waals surface area contributed by atoms with Crippen LogP contribution in [0.4, 0.5) is 19.0 Å². The summed E-state index contributed by atoms with van der Waals surface area (Å²) >= 11 is 2.95. The van der Waals surface area contributed by atoms with Gasteiger partial charge >= 0.3 is 6.18 Å². The molecule has 1 saturated heterocycles. The Morgan fingerprint density at radius 3 is 2.74 bits per heavy atom. The Morgan fingerprint density at radius 1 is 1.53 bits per heavy atom. The molecule has 2 heterocycles. The second-order valence-electron chi connectivity index (χ2n) is 4.33. The second-order valence-corrected chi connectivity index (χ2v) is 5.25. The molecule has 4 nitrogen and oxygen atoms in total. The lowest BCUT2D eigenvalue weighted by atomic mass is 10.1. The van der Waals surface area contributed by atoms with Crippen LogP contribution < -0.4 is 10.6 Å². The SMILES string of the molecule is NCC1CC(=O)N(c2ncc(Br)cc2C(F)(F)F)C1. The minimum Gasteiger partial charge on any atom is -0.330 e. The van der Waals surface area contributed by atoms with Crippen molar-refractivity contribution in [2.24, 2.45) is 11.7 Å². The second kappa shape index (κ2) is 5.09. The van der Waals surface area contributed by atoms with Crippen LogP contribution in [0, 0.1) is 5.92 Å². The van der Waals surface area contributed by atoms with Gasteiger partial charge in [-0.2, -0.15) is 13.2 Å². The minimum atomic E-state index is -4.56. The zero-order chi connectivity index (χ0) is 14.2. The zero-order valence-electron chi connectivity index (χ0n) is 9.75. The van der Waals surface area contributed by atoms with Gasteiger partial charge in [0.1, 0.15) is 5.82 Å². The van der Waals surface area contributed by atoms with Crippen LogP contribution in [0.25, 0.3) is 0 Å². The first-order chi connectivity index (χ1) is 8.82. The molecule has 2 rings (SSSR count). The van der Waals surface area contributed by atoms with Gasteiger partial charge in [-0.1, -0.05) is 0 Å². The first kappa shape index (κ1) is 14.3. The molecule has 0 spiro atoms. The summed E-state index contributed by atoms with van der Waals surface area (Å²) in [5.41, 5.74) is 4.53. The van der Waals surface area contributed by atoms with E-state index in [1.54, 1.807) is 0 Å². The number of aromatic nitrogens is 1.